The number of nitrogens with one attached hydrogen (secondary N) is 1. The molecule has 96 valence electrons. The summed E-state index contributed by atoms with van der Waals surface area (Å²) in [7, 11) is 0. The van der Waals surface area contributed by atoms with E-state index in [-0.39, 0.29) is 0 Å². The Morgan fingerprint density at radius 3 is 2.44 bits per heavy atom. The van der Waals surface area contributed by atoms with Gasteiger partial charge in [-0.25, -0.2) is 4.68 Å². The summed E-state index contributed by atoms with van der Waals surface area (Å²) in [6, 6.07) is 1.96. The molecule has 0 aliphatic carbocycles. The van der Waals surface area contributed by atoms with Crippen molar-refractivity contribution < 1.29 is 0 Å². The predicted molar refractivity (Wildman–Crippen MR) is 67.6 cm³/mol. The Bertz CT molecular complexity index is 503. The van der Waals surface area contributed by atoms with Gasteiger partial charge in [-0.2, -0.15) is 5.10 Å². The van der Waals surface area contributed by atoms with E-state index in [1.54, 1.807) is 4.68 Å². The van der Waals surface area contributed by atoms with Crippen LogP contribution in [0, 0.1) is 13.8 Å². The van der Waals surface area contributed by atoms with Crippen molar-refractivity contribution in [3.05, 3.63) is 17.5 Å². The van der Waals surface area contributed by atoms with Crippen LogP contribution in [0.25, 0.3) is 5.95 Å². The molecule has 0 bridgehead atoms. The second-order valence-corrected chi connectivity index (χ2v) is 4.14. The number of unbranched alkanes of at least 4 members (excludes halogenated alkanes) is 1. The highest BCUT2D eigenvalue weighted by Crippen LogP contribution is 2.06. The quantitative estimate of drug-likeness (QED) is 0.801. The minimum Gasteiger partial charge on any atom is -0.352 e. The first kappa shape index (κ1) is 12.4. The number of nitrogens with zero attached hydrogens (tertiary/aromatic N) is 6. The van der Waals surface area contributed by atoms with Gasteiger partial charge in [-0.05, 0) is 26.3 Å². The van der Waals surface area contributed by atoms with Gasteiger partial charge in [0, 0.05) is 12.2 Å². The Hall–Kier alpha value is -2.05. The Balaban J connectivity index is 2.10. The van der Waals surface area contributed by atoms with Crippen LogP contribution in [0.1, 0.15) is 31.2 Å². The van der Waals surface area contributed by atoms with Gasteiger partial charge in [0.15, 0.2) is 0 Å². The summed E-state index contributed by atoms with van der Waals surface area (Å²) in [5.74, 6) is 0.843. The van der Waals surface area contributed by atoms with E-state index < -0.39 is 0 Å². The Morgan fingerprint density at radius 1 is 1.17 bits per heavy atom. The van der Waals surface area contributed by atoms with E-state index in [0.717, 1.165) is 30.8 Å². The average molecular weight is 247 g/mol. The zero-order chi connectivity index (χ0) is 13.0. The molecule has 0 saturated heterocycles. The monoisotopic (exact) mass is 247 g/mol. The van der Waals surface area contributed by atoms with Crippen molar-refractivity contribution in [3.63, 3.8) is 0 Å². The van der Waals surface area contributed by atoms with Gasteiger partial charge >= 0.3 is 0 Å². The van der Waals surface area contributed by atoms with Crippen molar-refractivity contribution in [1.29, 1.82) is 0 Å². The molecule has 0 aromatic carbocycles. The van der Waals surface area contributed by atoms with E-state index in [1.165, 1.54) is 0 Å². The summed E-state index contributed by atoms with van der Waals surface area (Å²) in [6.45, 7) is 6.83. The van der Waals surface area contributed by atoms with E-state index in [9.17, 15) is 0 Å². The van der Waals surface area contributed by atoms with Crippen molar-refractivity contribution in [2.24, 2.45) is 0 Å². The van der Waals surface area contributed by atoms with Crippen molar-refractivity contribution >= 4 is 5.95 Å². The SMILES string of the molecule is CCCCNc1nnc(-n2nc(C)cc2C)nn1. The molecule has 0 amide bonds. The molecule has 0 aliphatic rings. The molecule has 2 rings (SSSR count). The molecule has 0 fully saturated rings. The number of aryl methyl sites for hydroxylation is 2. The molecule has 0 saturated carbocycles. The van der Waals surface area contributed by atoms with Gasteiger partial charge in [0.1, 0.15) is 0 Å². The number of hydrogen-bond acceptors (Lipinski definition) is 6. The van der Waals surface area contributed by atoms with E-state index in [4.69, 9.17) is 0 Å². The highest BCUT2D eigenvalue weighted by atomic mass is 15.5. The maximum Gasteiger partial charge on any atom is 0.289 e. The predicted octanol–water partition coefficient (Wildman–Crippen LogP) is 1.28. The van der Waals surface area contributed by atoms with Crippen LogP contribution in [0.3, 0.4) is 0 Å². The zero-order valence-electron chi connectivity index (χ0n) is 10.9. The molecular formula is C11H17N7. The van der Waals surface area contributed by atoms with E-state index in [1.807, 2.05) is 19.9 Å². The first-order valence-corrected chi connectivity index (χ1v) is 6.05. The molecule has 0 aliphatic heterocycles. The molecule has 0 atom stereocenters. The minimum absolute atomic E-state index is 0.390. The third-order valence-electron chi connectivity index (χ3n) is 2.48. The molecule has 0 spiro atoms. The molecule has 7 heteroatoms. The third kappa shape index (κ3) is 2.79. The molecule has 2 aromatic rings. The summed E-state index contributed by atoms with van der Waals surface area (Å²) in [5, 5.41) is 23.3. The van der Waals surface area contributed by atoms with E-state index >= 15 is 0 Å². The second-order valence-electron chi connectivity index (χ2n) is 4.14. The summed E-state index contributed by atoms with van der Waals surface area (Å²) < 4.78 is 1.63. The average Bonchev–Trinajstić information content (AvgIpc) is 2.70. The minimum atomic E-state index is 0.390. The number of anilines is 1. The van der Waals surface area contributed by atoms with Gasteiger partial charge in [-0.1, -0.05) is 13.3 Å². The van der Waals surface area contributed by atoms with Crippen molar-refractivity contribution in [1.82, 2.24) is 30.2 Å². The van der Waals surface area contributed by atoms with Crippen molar-refractivity contribution in [2.75, 3.05) is 11.9 Å². The standard InChI is InChI=1S/C11H17N7/c1-4-5-6-12-10-13-15-11(16-14-10)18-9(3)7-8(2)17-18/h7H,4-6H2,1-3H3,(H,12,13,14). The number of rotatable bonds is 5. The zero-order valence-corrected chi connectivity index (χ0v) is 10.9. The third-order valence-corrected chi connectivity index (χ3v) is 2.48. The summed E-state index contributed by atoms with van der Waals surface area (Å²) in [5.41, 5.74) is 1.88. The fourth-order valence-electron chi connectivity index (χ4n) is 1.59. The smallest absolute Gasteiger partial charge is 0.289 e. The largest absolute Gasteiger partial charge is 0.352 e. The summed E-state index contributed by atoms with van der Waals surface area (Å²) in [4.78, 5) is 0. The fraction of sp³-hybridized carbons (Fsp3) is 0.545. The Labute approximate surface area is 106 Å². The Kier molecular flexibility index (Phi) is 3.81. The molecule has 1 N–H and O–H groups in total. The summed E-state index contributed by atoms with van der Waals surface area (Å²) >= 11 is 0. The van der Waals surface area contributed by atoms with Gasteiger partial charge in [0.25, 0.3) is 11.9 Å². The molecule has 0 radical (unpaired) electrons. The van der Waals surface area contributed by atoms with Crippen LogP contribution in [-0.4, -0.2) is 36.7 Å². The molecule has 18 heavy (non-hydrogen) atoms. The molecule has 7 nitrogen and oxygen atoms in total. The lowest BCUT2D eigenvalue weighted by Gasteiger charge is -2.03. The highest BCUT2D eigenvalue weighted by molar-refractivity contribution is 5.22. The van der Waals surface area contributed by atoms with Gasteiger partial charge in [0.2, 0.25) is 0 Å². The van der Waals surface area contributed by atoms with Gasteiger partial charge in [-0.3, -0.25) is 0 Å². The lowest BCUT2D eigenvalue weighted by atomic mass is 10.3. The number of aromatic nitrogens is 6. The van der Waals surface area contributed by atoms with Crippen LogP contribution in [0.4, 0.5) is 5.95 Å². The van der Waals surface area contributed by atoms with Gasteiger partial charge in [0.05, 0.1) is 5.69 Å². The van der Waals surface area contributed by atoms with Crippen LogP contribution in [0.2, 0.25) is 0 Å². The van der Waals surface area contributed by atoms with Crippen molar-refractivity contribution in [3.8, 4) is 5.95 Å². The van der Waals surface area contributed by atoms with Crippen LogP contribution in [0.5, 0.6) is 0 Å². The lowest BCUT2D eigenvalue weighted by Crippen LogP contribution is -2.12. The van der Waals surface area contributed by atoms with Crippen LogP contribution in [0.15, 0.2) is 6.07 Å². The van der Waals surface area contributed by atoms with Crippen LogP contribution < -0.4 is 5.32 Å². The van der Waals surface area contributed by atoms with Crippen LogP contribution >= 0.6 is 0 Å². The molecule has 2 aromatic heterocycles. The summed E-state index contributed by atoms with van der Waals surface area (Å²) in [6.07, 6.45) is 2.19. The molecule has 0 unspecified atom stereocenters. The molecular weight excluding hydrogens is 230 g/mol. The van der Waals surface area contributed by atoms with Crippen molar-refractivity contribution in [2.45, 2.75) is 33.6 Å². The Morgan fingerprint density at radius 2 is 1.89 bits per heavy atom. The van der Waals surface area contributed by atoms with Crippen LogP contribution in [-0.2, 0) is 0 Å². The topological polar surface area (TPSA) is 81.4 Å². The van der Waals surface area contributed by atoms with E-state index in [0.29, 0.717) is 11.9 Å². The fourth-order valence-corrected chi connectivity index (χ4v) is 1.59. The highest BCUT2D eigenvalue weighted by Gasteiger charge is 2.07. The van der Waals surface area contributed by atoms with Gasteiger partial charge < -0.3 is 5.32 Å². The second kappa shape index (κ2) is 5.52. The first-order chi connectivity index (χ1) is 8.70. The van der Waals surface area contributed by atoms with E-state index in [2.05, 4.69) is 37.7 Å². The van der Waals surface area contributed by atoms with Gasteiger partial charge in [-0.15, -0.1) is 20.4 Å². The normalized spacial score (nSPS) is 10.6. The first-order valence-electron chi connectivity index (χ1n) is 6.05. The maximum absolute atomic E-state index is 4.28. The lowest BCUT2D eigenvalue weighted by molar-refractivity contribution is 0.707. The molecule has 2 heterocycles. The maximum atomic E-state index is 4.28. The number of hydrogen-bond donors (Lipinski definition) is 1.